The summed E-state index contributed by atoms with van der Waals surface area (Å²) >= 11 is 0. The van der Waals surface area contributed by atoms with Gasteiger partial charge in [-0.3, -0.25) is 9.59 Å². The summed E-state index contributed by atoms with van der Waals surface area (Å²) in [7, 11) is 0. The molecule has 0 saturated carbocycles. The number of unbranched alkanes of at least 4 members (excludes halogenated alkanes) is 22. The summed E-state index contributed by atoms with van der Waals surface area (Å²) in [5.74, 6) is -0.277. The molecule has 0 radical (unpaired) electrons. The molecule has 0 N–H and O–H groups in total. The van der Waals surface area contributed by atoms with Crippen LogP contribution in [0.3, 0.4) is 0 Å². The van der Waals surface area contributed by atoms with Crippen molar-refractivity contribution in [2.24, 2.45) is 5.41 Å². The van der Waals surface area contributed by atoms with Gasteiger partial charge in [0.25, 0.3) is 0 Å². The number of carbonyl (C=O) groups excluding carboxylic acids is 2. The molecule has 0 spiro atoms. The summed E-state index contributed by atoms with van der Waals surface area (Å²) in [4.78, 5) is 24.4. The Morgan fingerprint density at radius 1 is 0.422 bits per heavy atom. The maximum Gasteiger partial charge on any atom is 0.305 e. The van der Waals surface area contributed by atoms with Crippen LogP contribution in [-0.2, 0) is 19.1 Å². The zero-order valence-corrected chi connectivity index (χ0v) is 30.7. The first kappa shape index (κ1) is 43.4. The molecule has 45 heavy (non-hydrogen) atoms. The minimum Gasteiger partial charge on any atom is -0.465 e. The minimum atomic E-state index is -0.365. The van der Waals surface area contributed by atoms with E-state index in [0.29, 0.717) is 12.8 Å². The van der Waals surface area contributed by atoms with E-state index >= 15 is 0 Å². The lowest BCUT2D eigenvalue weighted by Crippen LogP contribution is -2.28. The van der Waals surface area contributed by atoms with Gasteiger partial charge in [0.2, 0.25) is 0 Å². The fourth-order valence-electron chi connectivity index (χ4n) is 5.42. The van der Waals surface area contributed by atoms with E-state index in [-0.39, 0.29) is 30.6 Å². The zero-order chi connectivity index (χ0) is 33.1. The molecule has 0 saturated heterocycles. The highest BCUT2D eigenvalue weighted by molar-refractivity contribution is 5.69. The first-order valence-corrected chi connectivity index (χ1v) is 19.5. The third-order valence-electron chi connectivity index (χ3n) is 8.53. The van der Waals surface area contributed by atoms with Crippen molar-refractivity contribution in [2.45, 2.75) is 207 Å². The molecule has 0 aliphatic carbocycles. The van der Waals surface area contributed by atoms with Crippen LogP contribution < -0.4 is 0 Å². The van der Waals surface area contributed by atoms with E-state index in [9.17, 15) is 9.59 Å². The Morgan fingerprint density at radius 3 is 1.00 bits per heavy atom. The average molecular weight is 633 g/mol. The molecule has 4 heteroatoms. The molecule has 0 aromatic heterocycles. The zero-order valence-electron chi connectivity index (χ0n) is 30.7. The van der Waals surface area contributed by atoms with Crippen molar-refractivity contribution < 1.29 is 19.1 Å². The largest absolute Gasteiger partial charge is 0.465 e. The predicted octanol–water partition coefficient (Wildman–Crippen LogP) is 13.2. The fourth-order valence-corrected chi connectivity index (χ4v) is 5.42. The van der Waals surface area contributed by atoms with E-state index < -0.39 is 0 Å². The SMILES string of the molecule is CCCCCCCCC=CCCCCCCCC(=O)OCC(C)(C)COC(=O)CCCCCCCC=CCCCCCCCC. The Hall–Kier alpha value is -1.58. The number of hydrogen-bond acceptors (Lipinski definition) is 4. The summed E-state index contributed by atoms with van der Waals surface area (Å²) in [6.45, 7) is 9.08. The number of esters is 2. The Labute approximate surface area is 281 Å². The average Bonchev–Trinajstić information content (AvgIpc) is 3.03. The van der Waals surface area contributed by atoms with Crippen LogP contribution >= 0.6 is 0 Å². The molecule has 0 rings (SSSR count). The second-order valence-electron chi connectivity index (χ2n) is 14.2. The molecule has 0 bridgehead atoms. The summed E-state index contributed by atoms with van der Waals surface area (Å²) < 4.78 is 11.0. The molecule has 0 fully saturated rings. The minimum absolute atomic E-state index is 0.139. The van der Waals surface area contributed by atoms with Crippen molar-refractivity contribution in [1.29, 1.82) is 0 Å². The van der Waals surface area contributed by atoms with E-state index in [1.807, 2.05) is 13.8 Å². The van der Waals surface area contributed by atoms with Gasteiger partial charge in [-0.1, -0.05) is 155 Å². The standard InChI is InChI=1S/C41H76O4/c1-5-7-9-11-13-15-17-19-21-23-25-27-29-31-33-35-39(42)44-37-41(3,4)38-45-40(43)36-34-32-30-28-26-24-22-20-18-16-14-12-10-8-6-2/h19-22H,5-18,23-38H2,1-4H3. The molecule has 4 nitrogen and oxygen atoms in total. The number of hydrogen-bond donors (Lipinski definition) is 0. The van der Waals surface area contributed by atoms with E-state index in [4.69, 9.17) is 9.47 Å². The Bertz CT molecular complexity index is 650. The Kier molecular flexibility index (Phi) is 32.6. The topological polar surface area (TPSA) is 52.6 Å². The summed E-state index contributed by atoms with van der Waals surface area (Å²) in [5.41, 5.74) is -0.365. The van der Waals surface area contributed by atoms with E-state index in [1.165, 1.54) is 141 Å². The van der Waals surface area contributed by atoms with Gasteiger partial charge in [0.05, 0.1) is 13.2 Å². The first-order valence-electron chi connectivity index (χ1n) is 19.5. The van der Waals surface area contributed by atoms with Crippen LogP contribution in [0.5, 0.6) is 0 Å². The van der Waals surface area contributed by atoms with Gasteiger partial charge in [-0.2, -0.15) is 0 Å². The quantitative estimate of drug-likeness (QED) is 0.0402. The molecule has 0 amide bonds. The van der Waals surface area contributed by atoms with Crippen LogP contribution in [0.1, 0.15) is 207 Å². The van der Waals surface area contributed by atoms with Crippen molar-refractivity contribution >= 4 is 11.9 Å². The van der Waals surface area contributed by atoms with E-state index in [2.05, 4.69) is 38.2 Å². The molecule has 0 unspecified atom stereocenters. The highest BCUT2D eigenvalue weighted by atomic mass is 16.5. The molecule has 0 aromatic carbocycles. The lowest BCUT2D eigenvalue weighted by atomic mass is 9.96. The normalized spacial score (nSPS) is 12.0. The number of rotatable bonds is 34. The van der Waals surface area contributed by atoms with Crippen LogP contribution in [0.2, 0.25) is 0 Å². The monoisotopic (exact) mass is 633 g/mol. The van der Waals surface area contributed by atoms with Gasteiger partial charge in [-0.15, -0.1) is 0 Å². The maximum absolute atomic E-state index is 12.2. The van der Waals surface area contributed by atoms with Crippen LogP contribution in [-0.4, -0.2) is 25.2 Å². The molecule has 0 aromatic rings. The molecule has 0 aliphatic rings. The van der Waals surface area contributed by atoms with Crippen molar-refractivity contribution in [3.05, 3.63) is 24.3 Å². The molecule has 0 atom stereocenters. The number of carbonyl (C=O) groups is 2. The maximum atomic E-state index is 12.2. The first-order chi connectivity index (χ1) is 21.9. The molecular formula is C41H76O4. The summed E-state index contributed by atoms with van der Waals surface area (Å²) in [5, 5.41) is 0. The van der Waals surface area contributed by atoms with Crippen molar-refractivity contribution in [1.82, 2.24) is 0 Å². The van der Waals surface area contributed by atoms with Gasteiger partial charge >= 0.3 is 11.9 Å². The van der Waals surface area contributed by atoms with Gasteiger partial charge in [-0.05, 0) is 64.2 Å². The second-order valence-corrected chi connectivity index (χ2v) is 14.2. The lowest BCUT2D eigenvalue weighted by molar-refractivity contribution is -0.152. The Morgan fingerprint density at radius 2 is 0.689 bits per heavy atom. The van der Waals surface area contributed by atoms with Gasteiger partial charge < -0.3 is 9.47 Å². The summed E-state index contributed by atoms with van der Waals surface area (Å²) in [6, 6.07) is 0. The highest BCUT2D eigenvalue weighted by Gasteiger charge is 2.22. The predicted molar refractivity (Wildman–Crippen MR) is 195 cm³/mol. The molecule has 0 heterocycles. The van der Waals surface area contributed by atoms with Gasteiger partial charge in [-0.25, -0.2) is 0 Å². The number of allylic oxidation sites excluding steroid dienone is 4. The van der Waals surface area contributed by atoms with E-state index in [1.54, 1.807) is 0 Å². The van der Waals surface area contributed by atoms with Crippen molar-refractivity contribution in [3.63, 3.8) is 0 Å². The third kappa shape index (κ3) is 35.1. The smallest absolute Gasteiger partial charge is 0.305 e. The highest BCUT2D eigenvalue weighted by Crippen LogP contribution is 2.18. The van der Waals surface area contributed by atoms with Crippen LogP contribution in [0.25, 0.3) is 0 Å². The Balaban J connectivity index is 3.58. The number of ether oxygens (including phenoxy) is 2. The molecule has 0 aliphatic heterocycles. The fraction of sp³-hybridized carbons (Fsp3) is 0.854. The molecule has 264 valence electrons. The second kappa shape index (κ2) is 33.8. The van der Waals surface area contributed by atoms with Crippen LogP contribution in [0.15, 0.2) is 24.3 Å². The summed E-state index contributed by atoms with van der Waals surface area (Å²) in [6.07, 6.45) is 42.8. The van der Waals surface area contributed by atoms with Crippen LogP contribution in [0, 0.1) is 5.41 Å². The lowest BCUT2D eigenvalue weighted by Gasteiger charge is -2.23. The van der Waals surface area contributed by atoms with Gasteiger partial charge in [0, 0.05) is 18.3 Å². The van der Waals surface area contributed by atoms with Gasteiger partial charge in [0.15, 0.2) is 0 Å². The van der Waals surface area contributed by atoms with Crippen molar-refractivity contribution in [2.75, 3.05) is 13.2 Å². The van der Waals surface area contributed by atoms with Crippen molar-refractivity contribution in [3.8, 4) is 0 Å². The third-order valence-corrected chi connectivity index (χ3v) is 8.53. The van der Waals surface area contributed by atoms with E-state index in [0.717, 1.165) is 25.7 Å². The molecular weight excluding hydrogens is 556 g/mol. The van der Waals surface area contributed by atoms with Crippen LogP contribution in [0.4, 0.5) is 0 Å². The van der Waals surface area contributed by atoms with Gasteiger partial charge in [0.1, 0.15) is 0 Å².